The molecular formula is C56H64Cl4O7Se3. The van der Waals surface area contributed by atoms with E-state index >= 15 is 0 Å². The Hall–Kier alpha value is -3.10. The fraction of sp³-hybridized carbons (Fsp3) is 0.393. The van der Waals surface area contributed by atoms with Crippen molar-refractivity contribution in [2.75, 3.05) is 28.4 Å². The second-order valence-corrected chi connectivity index (χ2v) is 21.0. The number of allylic oxidation sites excluding steroid dienone is 2. The quantitative estimate of drug-likeness (QED) is 0.0352. The molecule has 4 aromatic carbocycles. The van der Waals surface area contributed by atoms with E-state index in [1.54, 1.807) is 52.3 Å². The van der Waals surface area contributed by atoms with Gasteiger partial charge in [0.25, 0.3) is 0 Å². The Kier molecular flexibility index (Phi) is 26.9. The third-order valence-corrected chi connectivity index (χ3v) is 15.8. The van der Waals surface area contributed by atoms with Gasteiger partial charge in [-0.25, -0.2) is 0 Å². The monoisotopic (exact) mass is 1230 g/mol. The van der Waals surface area contributed by atoms with Crippen molar-refractivity contribution in [1.82, 2.24) is 0 Å². The van der Waals surface area contributed by atoms with E-state index < -0.39 is 0 Å². The van der Waals surface area contributed by atoms with Crippen molar-refractivity contribution in [1.29, 1.82) is 0 Å². The first kappa shape index (κ1) is 61.2. The van der Waals surface area contributed by atoms with Crippen LogP contribution in [0.1, 0.15) is 173 Å². The molecule has 0 N–H and O–H groups in total. The maximum absolute atomic E-state index is 12.7. The summed E-state index contributed by atoms with van der Waals surface area (Å²) in [6, 6.07) is 15.2. The van der Waals surface area contributed by atoms with Crippen LogP contribution < -0.4 is 18.9 Å². The fourth-order valence-corrected chi connectivity index (χ4v) is 9.79. The summed E-state index contributed by atoms with van der Waals surface area (Å²) in [4.78, 5) is 37.1. The molecule has 4 rings (SSSR count). The Morgan fingerprint density at radius 2 is 0.757 bits per heavy atom. The van der Waals surface area contributed by atoms with Crippen LogP contribution in [-0.4, -0.2) is 106 Å². The summed E-state index contributed by atoms with van der Waals surface area (Å²) in [6.07, 6.45) is 13.0. The van der Waals surface area contributed by atoms with E-state index in [-0.39, 0.29) is 30.2 Å². The SMILES string of the molecule is CCC(=O)CCCC=C(c1cc(Cl)c(OC)c(C(=O)CC)c1)c1cc(Cl)c(OC)c(C(=O)CC)c1.CCC(=[Se])CCCC=C(c1cc(Cl)c(OC)c(C(=[Se])CC)c1)c1cc(Cl)c(OC)c(C(=[Se])CC)c1. The van der Waals surface area contributed by atoms with Gasteiger partial charge < -0.3 is 9.47 Å². The van der Waals surface area contributed by atoms with Gasteiger partial charge in [-0.05, 0) is 53.8 Å². The molecule has 0 aliphatic rings. The Morgan fingerprint density at radius 1 is 0.443 bits per heavy atom. The molecule has 0 heterocycles. The van der Waals surface area contributed by atoms with Gasteiger partial charge in [-0.3, -0.25) is 14.4 Å². The zero-order valence-corrected chi connectivity index (χ0v) is 50.0. The molecule has 0 aliphatic heterocycles. The van der Waals surface area contributed by atoms with Gasteiger partial charge in [0, 0.05) is 25.7 Å². The minimum atomic E-state index is -0.104. The third-order valence-electron chi connectivity index (χ3n) is 11.5. The number of halogens is 4. The fourth-order valence-electron chi connectivity index (χ4n) is 7.67. The second-order valence-electron chi connectivity index (χ2n) is 16.1. The molecular weight excluding hydrogens is 1160 g/mol. The van der Waals surface area contributed by atoms with Gasteiger partial charge in [-0.1, -0.05) is 50.0 Å². The van der Waals surface area contributed by atoms with E-state index in [4.69, 9.17) is 65.4 Å². The van der Waals surface area contributed by atoms with Crippen molar-refractivity contribution in [3.63, 3.8) is 0 Å². The molecule has 7 nitrogen and oxygen atoms in total. The van der Waals surface area contributed by atoms with E-state index in [1.807, 2.05) is 25.1 Å². The maximum atomic E-state index is 12.7. The first-order valence-corrected chi connectivity index (χ1v) is 27.6. The van der Waals surface area contributed by atoms with Gasteiger partial charge >= 0.3 is 246 Å². The average Bonchev–Trinajstić information content (AvgIpc) is 3.36. The van der Waals surface area contributed by atoms with E-state index in [2.05, 4.69) is 85.7 Å². The van der Waals surface area contributed by atoms with Crippen molar-refractivity contribution < 1.29 is 33.3 Å². The first-order valence-electron chi connectivity index (χ1n) is 23.5. The van der Waals surface area contributed by atoms with Gasteiger partial charge in [-0.15, -0.1) is 0 Å². The van der Waals surface area contributed by atoms with Crippen molar-refractivity contribution in [2.24, 2.45) is 0 Å². The van der Waals surface area contributed by atoms with Gasteiger partial charge in [0.05, 0.1) is 35.4 Å². The van der Waals surface area contributed by atoms with Crippen LogP contribution in [0.3, 0.4) is 0 Å². The number of rotatable bonds is 26. The summed E-state index contributed by atoms with van der Waals surface area (Å²) < 4.78 is 25.7. The summed E-state index contributed by atoms with van der Waals surface area (Å²) in [5.41, 5.74) is 8.00. The number of unbranched alkanes of at least 4 members (excludes halogenated alkanes) is 2. The molecule has 0 saturated heterocycles. The van der Waals surface area contributed by atoms with E-state index in [1.165, 1.54) is 18.6 Å². The predicted molar refractivity (Wildman–Crippen MR) is 300 cm³/mol. The van der Waals surface area contributed by atoms with E-state index in [0.717, 1.165) is 80.8 Å². The van der Waals surface area contributed by atoms with Crippen LogP contribution in [0.5, 0.6) is 23.0 Å². The number of ether oxygens (including phenoxy) is 4. The van der Waals surface area contributed by atoms with Crippen LogP contribution in [0.4, 0.5) is 0 Å². The third kappa shape index (κ3) is 16.5. The number of hydrogen-bond donors (Lipinski definition) is 0. The van der Waals surface area contributed by atoms with Gasteiger partial charge in [0.2, 0.25) is 0 Å². The van der Waals surface area contributed by atoms with Crippen LogP contribution in [0.25, 0.3) is 11.1 Å². The van der Waals surface area contributed by atoms with Crippen molar-refractivity contribution in [3.05, 3.63) is 125 Å². The van der Waals surface area contributed by atoms with Crippen molar-refractivity contribution in [3.8, 4) is 23.0 Å². The Balaban J connectivity index is 0.000000370. The molecule has 4 aromatic rings. The molecule has 0 aromatic heterocycles. The molecule has 0 radical (unpaired) electrons. The standard InChI is InChI=1S/C28H32Cl2O5.C28H32Cl2O2Se3/c1-6-19(31)11-9-10-12-20(17-13-21(25(32)7-2)27(34-4)23(29)15-17)18-14-22(26(33)8-3)28(35-5)24(30)16-18;1-6-19(33)11-9-10-12-20(17-13-21(25(34)7-2)27(31-4)23(29)15-17)18-14-22(26(35)8-3)28(32-5)24(30)16-18/h2*12-16H,6-11H2,1-5H3. The van der Waals surface area contributed by atoms with Crippen LogP contribution in [0, 0.1) is 0 Å². The number of ketones is 3. The summed E-state index contributed by atoms with van der Waals surface area (Å²) in [7, 11) is 6.26. The Bertz CT molecular complexity index is 2310. The number of hydrogen-bond acceptors (Lipinski definition) is 7. The van der Waals surface area contributed by atoms with Gasteiger partial charge in [0.15, 0.2) is 11.6 Å². The Labute approximate surface area is 459 Å². The van der Waals surface area contributed by atoms with Crippen LogP contribution in [0.2, 0.25) is 20.1 Å². The summed E-state index contributed by atoms with van der Waals surface area (Å²) >= 11 is 36.1. The molecule has 0 bridgehead atoms. The van der Waals surface area contributed by atoms with E-state index in [0.29, 0.717) is 91.0 Å². The van der Waals surface area contributed by atoms with Crippen molar-refractivity contribution in [2.45, 2.75) is 119 Å². The molecule has 0 unspecified atom stereocenters. The molecule has 0 spiro atoms. The van der Waals surface area contributed by atoms with Crippen LogP contribution in [0.15, 0.2) is 60.7 Å². The molecule has 376 valence electrons. The first-order chi connectivity index (χ1) is 33.4. The zero-order valence-electron chi connectivity index (χ0n) is 41.9. The number of methoxy groups -OCH3 is 4. The van der Waals surface area contributed by atoms with Gasteiger partial charge in [-0.2, -0.15) is 0 Å². The van der Waals surface area contributed by atoms with Crippen LogP contribution in [-0.2, 0) is 4.79 Å². The molecule has 0 amide bonds. The van der Waals surface area contributed by atoms with Gasteiger partial charge in [0.1, 0.15) is 17.3 Å². The summed E-state index contributed by atoms with van der Waals surface area (Å²) in [5.74, 6) is 2.02. The molecule has 0 saturated carbocycles. The number of carbonyl (C=O) groups is 3. The number of Topliss-reactive ketones (excluding diaryl/α,β-unsaturated/α-hetero) is 3. The molecule has 14 heteroatoms. The average molecular weight is 1230 g/mol. The molecule has 70 heavy (non-hydrogen) atoms. The number of benzene rings is 4. The van der Waals surface area contributed by atoms with E-state index in [9.17, 15) is 14.4 Å². The number of carbonyl (C=O) groups excluding carboxylic acids is 3. The summed E-state index contributed by atoms with van der Waals surface area (Å²) in [5, 5.41) is 1.78. The topological polar surface area (TPSA) is 88.1 Å². The Morgan fingerprint density at radius 3 is 1.04 bits per heavy atom. The summed E-state index contributed by atoms with van der Waals surface area (Å²) in [6.45, 7) is 11.8. The zero-order chi connectivity index (χ0) is 52.2. The van der Waals surface area contributed by atoms with Crippen LogP contribution >= 0.6 is 46.4 Å². The predicted octanol–water partition coefficient (Wildman–Crippen LogP) is 14.3. The molecule has 0 aliphatic carbocycles. The van der Waals surface area contributed by atoms with Crippen molar-refractivity contribution >= 4 is 135 Å². The second kappa shape index (κ2) is 30.8. The normalized spacial score (nSPS) is 10.6. The minimum absolute atomic E-state index is 0.104. The molecule has 0 atom stereocenters. The molecule has 0 fully saturated rings.